The maximum Gasteiger partial charge on any atom is 0.234 e. The summed E-state index contributed by atoms with van der Waals surface area (Å²) < 4.78 is 0. The molecule has 0 bridgehead atoms. The topological polar surface area (TPSA) is 44.4 Å². The number of likely N-dealkylation sites (N-methyl/N-ethyl adjacent to an activating group) is 1. The first-order valence-electron chi connectivity index (χ1n) is 6.37. The fourth-order valence-corrected chi connectivity index (χ4v) is 1.84. The molecule has 0 heterocycles. The number of carbonyl (C=O) groups excluding carboxylic acids is 1. The average Bonchev–Trinajstić information content (AvgIpc) is 3.00. The summed E-state index contributed by atoms with van der Waals surface area (Å²) in [6.45, 7) is 9.65. The van der Waals surface area contributed by atoms with E-state index < -0.39 is 0 Å². The number of rotatable bonds is 8. The highest BCUT2D eigenvalue weighted by molar-refractivity contribution is 5.78. The van der Waals surface area contributed by atoms with E-state index in [4.69, 9.17) is 0 Å². The predicted octanol–water partition coefficient (Wildman–Crippen LogP) is 0.585. The third-order valence-electron chi connectivity index (χ3n) is 2.78. The fraction of sp³-hybridized carbons (Fsp3) is 0.917. The molecular weight excluding hydrogens is 202 g/mol. The lowest BCUT2D eigenvalue weighted by atomic mass is 10.4. The molecule has 1 aliphatic carbocycles. The zero-order valence-electron chi connectivity index (χ0n) is 10.8. The lowest BCUT2D eigenvalue weighted by Gasteiger charge is -2.19. The van der Waals surface area contributed by atoms with Gasteiger partial charge in [-0.15, -0.1) is 0 Å². The molecule has 1 rings (SSSR count). The first-order chi connectivity index (χ1) is 7.63. The summed E-state index contributed by atoms with van der Waals surface area (Å²) in [4.78, 5) is 13.8. The summed E-state index contributed by atoms with van der Waals surface area (Å²) in [5.74, 6) is 0.0875. The maximum absolute atomic E-state index is 11.3. The van der Waals surface area contributed by atoms with Crippen LogP contribution < -0.4 is 10.6 Å². The molecule has 0 aromatic carbocycles. The summed E-state index contributed by atoms with van der Waals surface area (Å²) in [6, 6.07) is 1.05. The van der Waals surface area contributed by atoms with Crippen LogP contribution in [0.5, 0.6) is 0 Å². The van der Waals surface area contributed by atoms with Crippen LogP contribution in [0.4, 0.5) is 0 Å². The summed E-state index contributed by atoms with van der Waals surface area (Å²) >= 11 is 0. The third-order valence-corrected chi connectivity index (χ3v) is 2.78. The van der Waals surface area contributed by atoms with Gasteiger partial charge in [-0.05, 0) is 33.2 Å². The van der Waals surface area contributed by atoms with Crippen molar-refractivity contribution in [2.45, 2.75) is 45.7 Å². The van der Waals surface area contributed by atoms with E-state index in [0.29, 0.717) is 6.54 Å². The van der Waals surface area contributed by atoms with Crippen molar-refractivity contribution in [3.63, 3.8) is 0 Å². The van der Waals surface area contributed by atoms with Crippen LogP contribution in [-0.2, 0) is 4.79 Å². The standard InChI is InChI=1S/C12H25N3O/c1-4-15(11-5-6-11)8-7-13-9-12(16)14-10(2)3/h10-11,13H,4-9H2,1-3H3,(H,14,16). The van der Waals surface area contributed by atoms with Crippen LogP contribution in [-0.4, -0.2) is 49.1 Å². The molecule has 0 aliphatic heterocycles. The Morgan fingerprint density at radius 1 is 1.44 bits per heavy atom. The van der Waals surface area contributed by atoms with Gasteiger partial charge >= 0.3 is 0 Å². The Labute approximate surface area is 98.8 Å². The van der Waals surface area contributed by atoms with Gasteiger partial charge in [-0.1, -0.05) is 6.92 Å². The van der Waals surface area contributed by atoms with E-state index in [0.717, 1.165) is 25.7 Å². The Morgan fingerprint density at radius 2 is 2.12 bits per heavy atom. The molecule has 0 spiro atoms. The summed E-state index contributed by atoms with van der Waals surface area (Å²) in [5.41, 5.74) is 0. The van der Waals surface area contributed by atoms with Crippen LogP contribution >= 0.6 is 0 Å². The van der Waals surface area contributed by atoms with Gasteiger partial charge in [0.2, 0.25) is 5.91 Å². The molecule has 94 valence electrons. The Kier molecular flexibility index (Phi) is 5.77. The second kappa shape index (κ2) is 6.86. The summed E-state index contributed by atoms with van der Waals surface area (Å²) in [5, 5.41) is 6.05. The monoisotopic (exact) mass is 227 g/mol. The van der Waals surface area contributed by atoms with Crippen molar-refractivity contribution in [3.8, 4) is 0 Å². The fourth-order valence-electron chi connectivity index (χ4n) is 1.84. The van der Waals surface area contributed by atoms with Gasteiger partial charge in [-0.2, -0.15) is 0 Å². The molecule has 1 saturated carbocycles. The van der Waals surface area contributed by atoms with E-state index >= 15 is 0 Å². The molecule has 0 saturated heterocycles. The maximum atomic E-state index is 11.3. The van der Waals surface area contributed by atoms with Crippen molar-refractivity contribution < 1.29 is 4.79 Å². The Hall–Kier alpha value is -0.610. The minimum absolute atomic E-state index is 0.0875. The van der Waals surface area contributed by atoms with Gasteiger partial charge in [0.15, 0.2) is 0 Å². The second-order valence-corrected chi connectivity index (χ2v) is 4.76. The quantitative estimate of drug-likeness (QED) is 0.596. The molecule has 0 aromatic heterocycles. The van der Waals surface area contributed by atoms with Crippen LogP contribution in [0.15, 0.2) is 0 Å². The Bertz CT molecular complexity index is 214. The highest BCUT2D eigenvalue weighted by atomic mass is 16.1. The molecule has 1 fully saturated rings. The molecule has 1 aliphatic rings. The van der Waals surface area contributed by atoms with Crippen LogP contribution in [0, 0.1) is 0 Å². The highest BCUT2D eigenvalue weighted by Gasteiger charge is 2.26. The molecule has 0 aromatic rings. The van der Waals surface area contributed by atoms with E-state index in [1.807, 2.05) is 13.8 Å². The van der Waals surface area contributed by atoms with Gasteiger partial charge in [0.1, 0.15) is 0 Å². The number of carbonyl (C=O) groups is 1. The average molecular weight is 227 g/mol. The van der Waals surface area contributed by atoms with Crippen LogP contribution in [0.3, 0.4) is 0 Å². The van der Waals surface area contributed by atoms with Gasteiger partial charge in [0.05, 0.1) is 6.54 Å². The SMILES string of the molecule is CCN(CCNCC(=O)NC(C)C)C1CC1. The molecule has 4 heteroatoms. The van der Waals surface area contributed by atoms with Gasteiger partial charge in [-0.3, -0.25) is 9.69 Å². The van der Waals surface area contributed by atoms with Crippen molar-refractivity contribution in [1.29, 1.82) is 0 Å². The zero-order valence-corrected chi connectivity index (χ0v) is 10.8. The van der Waals surface area contributed by atoms with E-state index in [2.05, 4.69) is 22.5 Å². The predicted molar refractivity (Wildman–Crippen MR) is 66.4 cm³/mol. The molecule has 0 radical (unpaired) electrons. The van der Waals surface area contributed by atoms with Gasteiger partial charge in [-0.25, -0.2) is 0 Å². The summed E-state index contributed by atoms with van der Waals surface area (Å²) in [6.07, 6.45) is 2.70. The number of nitrogens with zero attached hydrogens (tertiary/aromatic N) is 1. The van der Waals surface area contributed by atoms with Crippen molar-refractivity contribution >= 4 is 5.91 Å². The zero-order chi connectivity index (χ0) is 12.0. The van der Waals surface area contributed by atoms with Crippen molar-refractivity contribution in [1.82, 2.24) is 15.5 Å². The lowest BCUT2D eigenvalue weighted by Crippen LogP contribution is -2.40. The molecule has 0 atom stereocenters. The van der Waals surface area contributed by atoms with E-state index in [9.17, 15) is 4.79 Å². The highest BCUT2D eigenvalue weighted by Crippen LogP contribution is 2.25. The number of hydrogen-bond acceptors (Lipinski definition) is 3. The first kappa shape index (κ1) is 13.5. The van der Waals surface area contributed by atoms with Crippen LogP contribution in [0.1, 0.15) is 33.6 Å². The van der Waals surface area contributed by atoms with Gasteiger partial charge in [0, 0.05) is 25.2 Å². The van der Waals surface area contributed by atoms with Gasteiger partial charge in [0.25, 0.3) is 0 Å². The van der Waals surface area contributed by atoms with Crippen molar-refractivity contribution in [3.05, 3.63) is 0 Å². The van der Waals surface area contributed by atoms with Crippen molar-refractivity contribution in [2.75, 3.05) is 26.2 Å². The summed E-state index contributed by atoms with van der Waals surface area (Å²) in [7, 11) is 0. The van der Waals surface area contributed by atoms with E-state index in [-0.39, 0.29) is 11.9 Å². The largest absolute Gasteiger partial charge is 0.353 e. The number of amides is 1. The minimum Gasteiger partial charge on any atom is -0.353 e. The third kappa shape index (κ3) is 5.47. The molecule has 4 nitrogen and oxygen atoms in total. The lowest BCUT2D eigenvalue weighted by molar-refractivity contribution is -0.120. The minimum atomic E-state index is 0.0875. The smallest absolute Gasteiger partial charge is 0.234 e. The first-order valence-corrected chi connectivity index (χ1v) is 6.37. The van der Waals surface area contributed by atoms with E-state index in [1.54, 1.807) is 0 Å². The van der Waals surface area contributed by atoms with Crippen LogP contribution in [0.25, 0.3) is 0 Å². The Balaban J connectivity index is 2.00. The normalized spacial score (nSPS) is 15.8. The number of hydrogen-bond donors (Lipinski definition) is 2. The molecule has 1 amide bonds. The van der Waals surface area contributed by atoms with E-state index in [1.165, 1.54) is 12.8 Å². The Morgan fingerprint density at radius 3 is 2.62 bits per heavy atom. The van der Waals surface area contributed by atoms with Gasteiger partial charge < -0.3 is 10.6 Å². The molecule has 2 N–H and O–H groups in total. The number of nitrogens with one attached hydrogen (secondary N) is 2. The molecule has 0 unspecified atom stereocenters. The molecular formula is C12H25N3O. The van der Waals surface area contributed by atoms with Crippen molar-refractivity contribution in [2.24, 2.45) is 0 Å². The second-order valence-electron chi connectivity index (χ2n) is 4.76. The van der Waals surface area contributed by atoms with Crippen LogP contribution in [0.2, 0.25) is 0 Å². The molecule has 16 heavy (non-hydrogen) atoms.